The summed E-state index contributed by atoms with van der Waals surface area (Å²) < 4.78 is 24.2. The van der Waals surface area contributed by atoms with Gasteiger partial charge in [0.25, 0.3) is 0 Å². The molecule has 0 spiro atoms. The van der Waals surface area contributed by atoms with E-state index in [0.717, 1.165) is 12.1 Å². The van der Waals surface area contributed by atoms with Crippen molar-refractivity contribution in [2.24, 2.45) is 0 Å². The summed E-state index contributed by atoms with van der Waals surface area (Å²) in [7, 11) is -2.90. The zero-order chi connectivity index (χ0) is 12.2. The molecular weight excluding hydrogens is 228 g/mol. The molecule has 1 aromatic heterocycles. The second-order valence-corrected chi connectivity index (χ2v) is 6.06. The topological polar surface area (TPSA) is 90.9 Å². The maximum Gasteiger partial charge on any atom is 0.169 e. The highest BCUT2D eigenvalue weighted by Gasteiger charge is 2.10. The van der Waals surface area contributed by atoms with Gasteiger partial charge in [-0.15, -0.1) is 5.10 Å². The standard InChI is InChI=1S/C9H18N4O2S/c1-3-8-9(10)11-12-13(8)6-5-7-16(14,15)4-2/h3-7,10H2,1-2H3. The van der Waals surface area contributed by atoms with Crippen LogP contribution in [0.4, 0.5) is 5.82 Å². The molecule has 0 aromatic carbocycles. The van der Waals surface area contributed by atoms with E-state index < -0.39 is 9.84 Å². The largest absolute Gasteiger partial charge is 0.381 e. The van der Waals surface area contributed by atoms with Gasteiger partial charge in [-0.25, -0.2) is 13.1 Å². The summed E-state index contributed by atoms with van der Waals surface area (Å²) >= 11 is 0. The van der Waals surface area contributed by atoms with Crippen LogP contribution in [0.1, 0.15) is 26.0 Å². The molecule has 6 nitrogen and oxygen atoms in total. The third-order valence-corrected chi connectivity index (χ3v) is 4.26. The first kappa shape index (κ1) is 13.0. The van der Waals surface area contributed by atoms with Crippen molar-refractivity contribution >= 4 is 15.7 Å². The molecule has 0 saturated carbocycles. The van der Waals surface area contributed by atoms with E-state index in [1.165, 1.54) is 0 Å². The van der Waals surface area contributed by atoms with E-state index in [2.05, 4.69) is 10.3 Å². The Kier molecular flexibility index (Phi) is 4.28. The fourth-order valence-corrected chi connectivity index (χ4v) is 2.33. The molecule has 16 heavy (non-hydrogen) atoms. The summed E-state index contributed by atoms with van der Waals surface area (Å²) in [5.74, 6) is 0.806. The van der Waals surface area contributed by atoms with Crippen molar-refractivity contribution < 1.29 is 8.42 Å². The Balaban J connectivity index is 2.55. The minimum absolute atomic E-state index is 0.187. The van der Waals surface area contributed by atoms with Crippen LogP contribution in [0.2, 0.25) is 0 Å². The molecule has 0 atom stereocenters. The molecule has 92 valence electrons. The number of nitrogens with two attached hydrogens (primary N) is 1. The number of hydrogen-bond acceptors (Lipinski definition) is 5. The Morgan fingerprint density at radius 2 is 2.06 bits per heavy atom. The predicted molar refractivity (Wildman–Crippen MR) is 62.8 cm³/mol. The van der Waals surface area contributed by atoms with E-state index in [1.54, 1.807) is 11.6 Å². The molecule has 0 radical (unpaired) electrons. The zero-order valence-electron chi connectivity index (χ0n) is 9.68. The van der Waals surface area contributed by atoms with Gasteiger partial charge >= 0.3 is 0 Å². The van der Waals surface area contributed by atoms with Crippen molar-refractivity contribution in [2.75, 3.05) is 17.2 Å². The molecule has 1 heterocycles. The van der Waals surface area contributed by atoms with Crippen LogP contribution in [0.25, 0.3) is 0 Å². The number of sulfone groups is 1. The number of hydrogen-bond donors (Lipinski definition) is 1. The molecule has 0 aliphatic heterocycles. The molecule has 2 N–H and O–H groups in total. The monoisotopic (exact) mass is 246 g/mol. The van der Waals surface area contributed by atoms with Crippen LogP contribution in [0, 0.1) is 0 Å². The van der Waals surface area contributed by atoms with Crippen molar-refractivity contribution in [1.82, 2.24) is 15.0 Å². The van der Waals surface area contributed by atoms with Crippen molar-refractivity contribution in [1.29, 1.82) is 0 Å². The van der Waals surface area contributed by atoms with Gasteiger partial charge in [0.2, 0.25) is 0 Å². The van der Waals surface area contributed by atoms with Gasteiger partial charge in [-0.1, -0.05) is 19.1 Å². The maximum absolute atomic E-state index is 11.3. The molecule has 0 aliphatic rings. The SMILES string of the molecule is CCc1c(N)nnn1CCCS(=O)(=O)CC. The van der Waals surface area contributed by atoms with Crippen LogP contribution in [0.15, 0.2) is 0 Å². The summed E-state index contributed by atoms with van der Waals surface area (Å²) in [6, 6.07) is 0. The fourth-order valence-electron chi connectivity index (χ4n) is 1.47. The zero-order valence-corrected chi connectivity index (χ0v) is 10.5. The Bertz CT molecular complexity index is 438. The fraction of sp³-hybridized carbons (Fsp3) is 0.778. The highest BCUT2D eigenvalue weighted by Crippen LogP contribution is 2.08. The van der Waals surface area contributed by atoms with Gasteiger partial charge in [-0.2, -0.15) is 0 Å². The van der Waals surface area contributed by atoms with Crippen LogP contribution in [-0.4, -0.2) is 34.9 Å². The third kappa shape index (κ3) is 3.19. The first-order valence-corrected chi connectivity index (χ1v) is 7.20. The average Bonchev–Trinajstić information content (AvgIpc) is 2.59. The number of rotatable bonds is 6. The summed E-state index contributed by atoms with van der Waals surface area (Å²) in [6.45, 7) is 4.17. The lowest BCUT2D eigenvalue weighted by Gasteiger charge is -2.04. The quantitative estimate of drug-likeness (QED) is 0.776. The van der Waals surface area contributed by atoms with Gasteiger partial charge in [0.05, 0.1) is 11.4 Å². The summed E-state index contributed by atoms with van der Waals surface area (Å²) in [4.78, 5) is 0. The van der Waals surface area contributed by atoms with Crippen LogP contribution < -0.4 is 5.73 Å². The highest BCUT2D eigenvalue weighted by molar-refractivity contribution is 7.91. The molecule has 1 aromatic rings. The molecule has 0 amide bonds. The van der Waals surface area contributed by atoms with Crippen molar-refractivity contribution in [3.05, 3.63) is 5.69 Å². The van der Waals surface area contributed by atoms with E-state index in [0.29, 0.717) is 18.8 Å². The summed E-state index contributed by atoms with van der Waals surface area (Å²) in [6.07, 6.45) is 1.30. The van der Waals surface area contributed by atoms with E-state index in [9.17, 15) is 8.42 Å². The Morgan fingerprint density at radius 1 is 1.38 bits per heavy atom. The first-order valence-electron chi connectivity index (χ1n) is 5.38. The number of nitrogens with zero attached hydrogens (tertiary/aromatic N) is 3. The lowest BCUT2D eigenvalue weighted by molar-refractivity contribution is 0.548. The molecule has 1 rings (SSSR count). The number of nitrogen functional groups attached to an aromatic ring is 1. The van der Waals surface area contributed by atoms with Crippen LogP contribution in [-0.2, 0) is 22.8 Å². The smallest absolute Gasteiger partial charge is 0.169 e. The molecule has 7 heteroatoms. The van der Waals surface area contributed by atoms with Gasteiger partial charge < -0.3 is 5.73 Å². The second kappa shape index (κ2) is 5.29. The van der Waals surface area contributed by atoms with Crippen LogP contribution in [0.5, 0.6) is 0 Å². The number of aryl methyl sites for hydroxylation is 1. The van der Waals surface area contributed by atoms with Gasteiger partial charge in [0.15, 0.2) is 5.82 Å². The molecule has 0 saturated heterocycles. The molecule has 0 unspecified atom stereocenters. The normalized spacial score (nSPS) is 11.9. The number of anilines is 1. The molecule has 0 fully saturated rings. The Morgan fingerprint density at radius 3 is 2.62 bits per heavy atom. The van der Waals surface area contributed by atoms with Crippen molar-refractivity contribution in [3.63, 3.8) is 0 Å². The molecule has 0 aliphatic carbocycles. The van der Waals surface area contributed by atoms with Crippen LogP contribution in [0.3, 0.4) is 0 Å². The van der Waals surface area contributed by atoms with Gasteiger partial charge in [0, 0.05) is 12.3 Å². The van der Waals surface area contributed by atoms with Crippen LogP contribution >= 0.6 is 0 Å². The van der Waals surface area contributed by atoms with Crippen molar-refractivity contribution in [2.45, 2.75) is 33.2 Å². The Hall–Kier alpha value is -1.11. The first-order chi connectivity index (χ1) is 7.50. The van der Waals surface area contributed by atoms with Crippen molar-refractivity contribution in [3.8, 4) is 0 Å². The Labute approximate surface area is 95.7 Å². The predicted octanol–water partition coefficient (Wildman–Crippen LogP) is 0.247. The van der Waals surface area contributed by atoms with E-state index in [4.69, 9.17) is 5.73 Å². The lowest BCUT2D eigenvalue weighted by Crippen LogP contribution is -2.13. The minimum Gasteiger partial charge on any atom is -0.381 e. The lowest BCUT2D eigenvalue weighted by atomic mass is 10.3. The summed E-state index contributed by atoms with van der Waals surface area (Å²) in [5, 5.41) is 7.64. The second-order valence-electron chi connectivity index (χ2n) is 3.59. The average molecular weight is 246 g/mol. The maximum atomic E-state index is 11.3. The van der Waals surface area contributed by atoms with E-state index in [-0.39, 0.29) is 11.5 Å². The van der Waals surface area contributed by atoms with Gasteiger partial charge in [0.1, 0.15) is 9.84 Å². The summed E-state index contributed by atoms with van der Waals surface area (Å²) in [5.41, 5.74) is 6.49. The van der Waals surface area contributed by atoms with Gasteiger partial charge in [-0.05, 0) is 12.8 Å². The molecule has 0 bridgehead atoms. The third-order valence-electron chi connectivity index (χ3n) is 2.47. The highest BCUT2D eigenvalue weighted by atomic mass is 32.2. The number of aromatic nitrogens is 3. The van der Waals surface area contributed by atoms with E-state index >= 15 is 0 Å². The van der Waals surface area contributed by atoms with Gasteiger partial charge in [-0.3, -0.25) is 0 Å². The van der Waals surface area contributed by atoms with E-state index in [1.807, 2.05) is 6.92 Å². The molecular formula is C9H18N4O2S. The minimum atomic E-state index is -2.90.